The van der Waals surface area contributed by atoms with Crippen molar-refractivity contribution in [1.29, 1.82) is 0 Å². The number of furan rings is 1. The van der Waals surface area contributed by atoms with E-state index in [0.717, 1.165) is 38.2 Å². The van der Waals surface area contributed by atoms with Gasteiger partial charge in [-0.1, -0.05) is 13.8 Å². The van der Waals surface area contributed by atoms with E-state index in [9.17, 15) is 0 Å². The number of rotatable bonds is 6. The Balaban J connectivity index is 2.09. The molecule has 1 saturated heterocycles. The normalized spacial score (nSPS) is 26.2. The fourth-order valence-corrected chi connectivity index (χ4v) is 2.70. The molecule has 3 nitrogen and oxygen atoms in total. The Morgan fingerprint density at radius 1 is 1.47 bits per heavy atom. The predicted molar refractivity (Wildman–Crippen MR) is 67.9 cm³/mol. The van der Waals surface area contributed by atoms with Crippen LogP contribution in [0.2, 0.25) is 0 Å². The van der Waals surface area contributed by atoms with Crippen molar-refractivity contribution >= 4 is 0 Å². The minimum absolute atomic E-state index is 0.303. The summed E-state index contributed by atoms with van der Waals surface area (Å²) >= 11 is 0. The van der Waals surface area contributed by atoms with Crippen molar-refractivity contribution in [2.45, 2.75) is 45.3 Å². The maximum Gasteiger partial charge on any atom is 0.121 e. The molecule has 1 aliphatic heterocycles. The van der Waals surface area contributed by atoms with E-state index in [4.69, 9.17) is 9.15 Å². The molecule has 1 N–H and O–H groups in total. The van der Waals surface area contributed by atoms with Crippen molar-refractivity contribution in [3.05, 3.63) is 24.2 Å². The Hall–Kier alpha value is -0.800. The Morgan fingerprint density at radius 2 is 2.35 bits per heavy atom. The van der Waals surface area contributed by atoms with Gasteiger partial charge in [0, 0.05) is 12.5 Å². The van der Waals surface area contributed by atoms with Gasteiger partial charge >= 0.3 is 0 Å². The maximum atomic E-state index is 5.79. The summed E-state index contributed by atoms with van der Waals surface area (Å²) in [7, 11) is 0. The molecule has 0 aromatic carbocycles. The van der Waals surface area contributed by atoms with Gasteiger partial charge in [-0.25, -0.2) is 0 Å². The summed E-state index contributed by atoms with van der Waals surface area (Å²) in [6.07, 6.45) is 5.47. The molecule has 0 bridgehead atoms. The van der Waals surface area contributed by atoms with E-state index >= 15 is 0 Å². The summed E-state index contributed by atoms with van der Waals surface area (Å²) in [5, 5.41) is 3.60. The minimum Gasteiger partial charge on any atom is -0.468 e. The van der Waals surface area contributed by atoms with Crippen molar-refractivity contribution in [2.75, 3.05) is 13.2 Å². The fourth-order valence-electron chi connectivity index (χ4n) is 2.70. The monoisotopic (exact) mass is 237 g/mol. The van der Waals surface area contributed by atoms with Gasteiger partial charge in [0.2, 0.25) is 0 Å². The topological polar surface area (TPSA) is 34.4 Å². The Bertz CT molecular complexity index is 310. The van der Waals surface area contributed by atoms with E-state index in [1.54, 1.807) is 6.26 Å². The number of ether oxygens (including phenoxy) is 1. The molecule has 0 amide bonds. The van der Waals surface area contributed by atoms with Gasteiger partial charge in [0.25, 0.3) is 0 Å². The van der Waals surface area contributed by atoms with Crippen molar-refractivity contribution in [2.24, 2.45) is 5.92 Å². The van der Waals surface area contributed by atoms with E-state index in [-0.39, 0.29) is 0 Å². The summed E-state index contributed by atoms with van der Waals surface area (Å²) in [5.41, 5.74) is 0. The van der Waals surface area contributed by atoms with Crippen molar-refractivity contribution in [3.8, 4) is 0 Å². The lowest BCUT2D eigenvalue weighted by molar-refractivity contribution is 0.0747. The summed E-state index contributed by atoms with van der Waals surface area (Å²) in [6, 6.07) is 4.34. The molecule has 1 aromatic heterocycles. The van der Waals surface area contributed by atoms with Crippen LogP contribution < -0.4 is 5.32 Å². The van der Waals surface area contributed by atoms with Crippen LogP contribution in [-0.4, -0.2) is 19.3 Å². The summed E-state index contributed by atoms with van der Waals surface area (Å²) in [4.78, 5) is 0. The molecular weight excluding hydrogens is 214 g/mol. The largest absolute Gasteiger partial charge is 0.468 e. The zero-order valence-electron chi connectivity index (χ0n) is 10.8. The third-order valence-electron chi connectivity index (χ3n) is 3.56. The first kappa shape index (κ1) is 12.7. The van der Waals surface area contributed by atoms with Crippen LogP contribution in [0, 0.1) is 5.92 Å². The van der Waals surface area contributed by atoms with Crippen LogP contribution in [0.1, 0.15) is 44.9 Å². The van der Waals surface area contributed by atoms with Crippen LogP contribution >= 0.6 is 0 Å². The highest BCUT2D eigenvalue weighted by Gasteiger charge is 2.35. The third kappa shape index (κ3) is 2.90. The van der Waals surface area contributed by atoms with Gasteiger partial charge in [-0.15, -0.1) is 0 Å². The summed E-state index contributed by atoms with van der Waals surface area (Å²) in [5.74, 6) is 1.59. The van der Waals surface area contributed by atoms with E-state index in [2.05, 4.69) is 25.2 Å². The maximum absolute atomic E-state index is 5.79. The Labute approximate surface area is 104 Å². The molecule has 0 saturated carbocycles. The molecule has 1 aliphatic rings. The van der Waals surface area contributed by atoms with Crippen LogP contribution in [0.25, 0.3) is 0 Å². The number of hydrogen-bond acceptors (Lipinski definition) is 3. The molecule has 0 spiro atoms. The van der Waals surface area contributed by atoms with Crippen molar-refractivity contribution in [3.63, 3.8) is 0 Å². The second-order valence-corrected chi connectivity index (χ2v) is 4.72. The van der Waals surface area contributed by atoms with Crippen molar-refractivity contribution < 1.29 is 9.15 Å². The zero-order chi connectivity index (χ0) is 12.1. The van der Waals surface area contributed by atoms with Crippen LogP contribution in [0.15, 0.2) is 22.8 Å². The third-order valence-corrected chi connectivity index (χ3v) is 3.56. The highest BCUT2D eigenvalue weighted by Crippen LogP contribution is 2.35. The second-order valence-electron chi connectivity index (χ2n) is 4.72. The lowest BCUT2D eigenvalue weighted by Gasteiger charge is -2.26. The van der Waals surface area contributed by atoms with Crippen LogP contribution in [-0.2, 0) is 4.74 Å². The van der Waals surface area contributed by atoms with E-state index in [1.165, 1.54) is 0 Å². The van der Waals surface area contributed by atoms with E-state index in [1.807, 2.05) is 6.07 Å². The molecule has 3 heteroatoms. The first-order chi connectivity index (χ1) is 8.36. The summed E-state index contributed by atoms with van der Waals surface area (Å²) < 4.78 is 11.4. The second kappa shape index (κ2) is 6.22. The molecule has 0 aliphatic carbocycles. The Morgan fingerprint density at radius 3 is 3.00 bits per heavy atom. The zero-order valence-corrected chi connectivity index (χ0v) is 10.8. The fraction of sp³-hybridized carbons (Fsp3) is 0.714. The van der Waals surface area contributed by atoms with Gasteiger partial charge < -0.3 is 14.5 Å². The molecule has 1 aromatic rings. The van der Waals surface area contributed by atoms with Gasteiger partial charge in [0.15, 0.2) is 0 Å². The smallest absolute Gasteiger partial charge is 0.121 e. The van der Waals surface area contributed by atoms with Gasteiger partial charge in [-0.2, -0.15) is 0 Å². The van der Waals surface area contributed by atoms with Gasteiger partial charge in [-0.3, -0.25) is 0 Å². The molecule has 1 fully saturated rings. The molecular formula is C14H23NO2. The van der Waals surface area contributed by atoms with Gasteiger partial charge in [0.1, 0.15) is 5.76 Å². The van der Waals surface area contributed by atoms with Crippen LogP contribution in [0.5, 0.6) is 0 Å². The van der Waals surface area contributed by atoms with Crippen molar-refractivity contribution in [1.82, 2.24) is 5.32 Å². The Kier molecular flexibility index (Phi) is 4.63. The molecule has 3 unspecified atom stereocenters. The quantitative estimate of drug-likeness (QED) is 0.825. The molecule has 0 radical (unpaired) electrons. The summed E-state index contributed by atoms with van der Waals surface area (Å²) in [6.45, 7) is 6.29. The SMILES string of the molecule is CCCNC(c1ccco1)C1CCOC1CC. The molecule has 96 valence electrons. The van der Waals surface area contributed by atoms with Gasteiger partial charge in [-0.05, 0) is 37.9 Å². The lowest BCUT2D eigenvalue weighted by atomic mass is 9.89. The standard InChI is InChI=1S/C14H23NO2/c1-3-8-15-14(13-6-5-9-16-13)11-7-10-17-12(11)4-2/h5-6,9,11-12,14-15H,3-4,7-8,10H2,1-2H3. The predicted octanol–water partition coefficient (Wildman–Crippen LogP) is 3.14. The first-order valence-electron chi connectivity index (χ1n) is 6.75. The molecule has 3 atom stereocenters. The average molecular weight is 237 g/mol. The molecule has 2 rings (SSSR count). The minimum atomic E-state index is 0.303. The highest BCUT2D eigenvalue weighted by molar-refractivity contribution is 5.07. The van der Waals surface area contributed by atoms with E-state index in [0.29, 0.717) is 18.1 Å². The highest BCUT2D eigenvalue weighted by atomic mass is 16.5. The van der Waals surface area contributed by atoms with Crippen LogP contribution in [0.4, 0.5) is 0 Å². The van der Waals surface area contributed by atoms with Gasteiger partial charge in [0.05, 0.1) is 18.4 Å². The van der Waals surface area contributed by atoms with Crippen LogP contribution in [0.3, 0.4) is 0 Å². The molecule has 2 heterocycles. The number of nitrogens with one attached hydrogen (secondary N) is 1. The average Bonchev–Trinajstić information content (AvgIpc) is 3.00. The van der Waals surface area contributed by atoms with E-state index < -0.39 is 0 Å². The first-order valence-corrected chi connectivity index (χ1v) is 6.75. The molecule has 17 heavy (non-hydrogen) atoms. The number of hydrogen-bond donors (Lipinski definition) is 1. The lowest BCUT2D eigenvalue weighted by Crippen LogP contribution is -2.33.